The molecule has 0 amide bonds. The van der Waals surface area contributed by atoms with Crippen LogP contribution in [0.2, 0.25) is 0 Å². The molecule has 5 heteroatoms. The van der Waals surface area contributed by atoms with Crippen LogP contribution in [0.1, 0.15) is 36.4 Å². The van der Waals surface area contributed by atoms with Gasteiger partial charge in [0.25, 0.3) is 0 Å². The van der Waals surface area contributed by atoms with E-state index in [1.165, 1.54) is 9.75 Å². The van der Waals surface area contributed by atoms with E-state index in [9.17, 15) is 0 Å². The van der Waals surface area contributed by atoms with Crippen LogP contribution in [0.25, 0.3) is 0 Å². The van der Waals surface area contributed by atoms with Crippen molar-refractivity contribution in [3.63, 3.8) is 0 Å². The molecule has 0 aliphatic heterocycles. The number of nitrogens with one attached hydrogen (secondary N) is 2. The Kier molecular flexibility index (Phi) is 9.10. The van der Waals surface area contributed by atoms with Crippen LogP contribution in [0, 0.1) is 6.92 Å². The Bertz CT molecular complexity index is 417. The van der Waals surface area contributed by atoms with E-state index in [1.807, 2.05) is 25.3 Å². The zero-order valence-electron chi connectivity index (χ0n) is 13.7. The maximum atomic E-state index is 5.33. The van der Waals surface area contributed by atoms with Gasteiger partial charge in [-0.15, -0.1) is 11.3 Å². The van der Waals surface area contributed by atoms with Crippen LogP contribution >= 0.6 is 11.3 Å². The number of hydrogen-bond donors (Lipinski definition) is 2. The maximum absolute atomic E-state index is 5.33. The topological polar surface area (TPSA) is 45.6 Å². The van der Waals surface area contributed by atoms with Crippen molar-refractivity contribution in [2.75, 3.05) is 26.8 Å². The number of unbranched alkanes of at least 4 members (excludes halogenated alkanes) is 1. The highest BCUT2D eigenvalue weighted by molar-refractivity contribution is 7.11. The number of hydrogen-bond acceptors (Lipinski definition) is 3. The summed E-state index contributed by atoms with van der Waals surface area (Å²) in [6.45, 7) is 8.94. The van der Waals surface area contributed by atoms with Gasteiger partial charge in [0.15, 0.2) is 5.96 Å². The number of nitrogens with zero attached hydrogens (tertiary/aromatic N) is 1. The normalized spacial score (nSPS) is 13.2. The van der Waals surface area contributed by atoms with Gasteiger partial charge in [-0.05, 0) is 45.7 Å². The molecule has 0 aliphatic carbocycles. The van der Waals surface area contributed by atoms with E-state index in [1.54, 1.807) is 0 Å². The van der Waals surface area contributed by atoms with Crippen molar-refractivity contribution < 1.29 is 4.74 Å². The average Bonchev–Trinajstić information content (AvgIpc) is 2.86. The summed E-state index contributed by atoms with van der Waals surface area (Å²) in [4.78, 5) is 7.06. The molecule has 1 heterocycles. The van der Waals surface area contributed by atoms with Crippen molar-refractivity contribution in [2.24, 2.45) is 4.99 Å². The third-order valence-corrected chi connectivity index (χ3v) is 4.15. The van der Waals surface area contributed by atoms with E-state index in [2.05, 4.69) is 41.6 Å². The fourth-order valence-electron chi connectivity index (χ4n) is 2.06. The Balaban J connectivity index is 2.20. The predicted octanol–water partition coefficient (Wildman–Crippen LogP) is 2.97. The van der Waals surface area contributed by atoms with Crippen LogP contribution < -0.4 is 10.6 Å². The minimum absolute atomic E-state index is 0.373. The van der Waals surface area contributed by atoms with E-state index in [-0.39, 0.29) is 0 Å². The molecular weight excluding hydrogens is 282 g/mol. The Labute approximate surface area is 133 Å². The Morgan fingerprint density at radius 2 is 2.19 bits per heavy atom. The molecule has 0 fully saturated rings. The molecule has 1 aromatic rings. The molecule has 0 saturated carbocycles. The van der Waals surface area contributed by atoms with Gasteiger partial charge in [0.2, 0.25) is 0 Å². The van der Waals surface area contributed by atoms with Crippen LogP contribution in [-0.2, 0) is 11.2 Å². The molecule has 0 bridgehead atoms. The maximum Gasteiger partial charge on any atom is 0.191 e. The van der Waals surface area contributed by atoms with E-state index in [0.29, 0.717) is 6.04 Å². The molecule has 0 spiro atoms. The van der Waals surface area contributed by atoms with Gasteiger partial charge in [-0.2, -0.15) is 0 Å². The molecule has 2 N–H and O–H groups in total. The van der Waals surface area contributed by atoms with Crippen molar-refractivity contribution >= 4 is 17.3 Å². The summed E-state index contributed by atoms with van der Waals surface area (Å²) >= 11 is 1.87. The van der Waals surface area contributed by atoms with Crippen LogP contribution in [0.5, 0.6) is 0 Å². The summed E-state index contributed by atoms with van der Waals surface area (Å²) in [6.07, 6.45) is 3.21. The second kappa shape index (κ2) is 10.6. The molecule has 1 rings (SSSR count). The molecule has 1 atom stereocenters. The first-order valence-electron chi connectivity index (χ1n) is 7.76. The van der Waals surface area contributed by atoms with Crippen molar-refractivity contribution in [3.05, 3.63) is 21.9 Å². The van der Waals surface area contributed by atoms with Crippen molar-refractivity contribution in [1.82, 2.24) is 10.6 Å². The highest BCUT2D eigenvalue weighted by atomic mass is 32.1. The molecule has 0 saturated heterocycles. The van der Waals surface area contributed by atoms with Gasteiger partial charge in [0.05, 0.1) is 0 Å². The molecule has 0 radical (unpaired) electrons. The number of aliphatic imine (C=N–C) groups is 1. The van der Waals surface area contributed by atoms with Gasteiger partial charge in [-0.1, -0.05) is 0 Å². The standard InChI is InChI=1S/C16H29N3OS/c1-5-20-11-7-6-10-18-16(17-4)19-13(2)12-15-9-8-14(3)21-15/h8-9,13H,5-7,10-12H2,1-4H3,(H2,17,18,19). The van der Waals surface area contributed by atoms with E-state index < -0.39 is 0 Å². The highest BCUT2D eigenvalue weighted by Gasteiger charge is 2.07. The van der Waals surface area contributed by atoms with Crippen LogP contribution in [0.4, 0.5) is 0 Å². The van der Waals surface area contributed by atoms with Crippen molar-refractivity contribution in [1.29, 1.82) is 0 Å². The Morgan fingerprint density at radius 1 is 1.38 bits per heavy atom. The molecule has 1 unspecified atom stereocenters. The number of rotatable bonds is 9. The van der Waals surface area contributed by atoms with Crippen LogP contribution in [-0.4, -0.2) is 38.8 Å². The molecule has 1 aromatic heterocycles. The third kappa shape index (κ3) is 8.07. The summed E-state index contributed by atoms with van der Waals surface area (Å²) in [5.74, 6) is 0.882. The van der Waals surface area contributed by atoms with E-state index in [4.69, 9.17) is 4.74 Å². The lowest BCUT2D eigenvalue weighted by Crippen LogP contribution is -2.43. The highest BCUT2D eigenvalue weighted by Crippen LogP contribution is 2.16. The fourth-order valence-corrected chi connectivity index (χ4v) is 3.07. The van der Waals surface area contributed by atoms with Gasteiger partial charge >= 0.3 is 0 Å². The lowest BCUT2D eigenvalue weighted by Gasteiger charge is -2.17. The minimum Gasteiger partial charge on any atom is -0.382 e. The minimum atomic E-state index is 0.373. The first-order valence-corrected chi connectivity index (χ1v) is 8.57. The largest absolute Gasteiger partial charge is 0.382 e. The number of thiophene rings is 1. The van der Waals surface area contributed by atoms with Gasteiger partial charge in [0.1, 0.15) is 0 Å². The Morgan fingerprint density at radius 3 is 2.81 bits per heavy atom. The summed E-state index contributed by atoms with van der Waals surface area (Å²) < 4.78 is 5.33. The van der Waals surface area contributed by atoms with Crippen molar-refractivity contribution in [3.8, 4) is 0 Å². The number of guanidine groups is 1. The summed E-state index contributed by atoms with van der Waals surface area (Å²) in [5.41, 5.74) is 0. The zero-order chi connectivity index (χ0) is 15.5. The van der Waals surface area contributed by atoms with Gasteiger partial charge in [0, 0.05) is 49.0 Å². The molecule has 120 valence electrons. The number of aryl methyl sites for hydroxylation is 1. The second-order valence-electron chi connectivity index (χ2n) is 5.16. The van der Waals surface area contributed by atoms with Crippen LogP contribution in [0.15, 0.2) is 17.1 Å². The first-order chi connectivity index (χ1) is 10.2. The zero-order valence-corrected chi connectivity index (χ0v) is 14.6. The molecule has 0 aliphatic rings. The van der Waals surface area contributed by atoms with Crippen molar-refractivity contribution in [2.45, 2.75) is 46.1 Å². The lowest BCUT2D eigenvalue weighted by atomic mass is 10.2. The molecule has 0 aromatic carbocycles. The van der Waals surface area contributed by atoms with E-state index in [0.717, 1.165) is 45.0 Å². The fraction of sp³-hybridized carbons (Fsp3) is 0.688. The van der Waals surface area contributed by atoms with Gasteiger partial charge in [-0.25, -0.2) is 0 Å². The predicted molar refractivity (Wildman–Crippen MR) is 92.4 cm³/mol. The summed E-state index contributed by atoms with van der Waals surface area (Å²) in [6, 6.07) is 4.76. The third-order valence-electron chi connectivity index (χ3n) is 3.12. The second-order valence-corrected chi connectivity index (χ2v) is 6.54. The molecular formula is C16H29N3OS. The summed E-state index contributed by atoms with van der Waals surface area (Å²) in [5, 5.41) is 6.80. The smallest absolute Gasteiger partial charge is 0.191 e. The molecule has 21 heavy (non-hydrogen) atoms. The lowest BCUT2D eigenvalue weighted by molar-refractivity contribution is 0.143. The first kappa shape index (κ1) is 18.0. The van der Waals surface area contributed by atoms with Crippen LogP contribution in [0.3, 0.4) is 0 Å². The monoisotopic (exact) mass is 311 g/mol. The van der Waals surface area contributed by atoms with Gasteiger partial charge < -0.3 is 15.4 Å². The van der Waals surface area contributed by atoms with Gasteiger partial charge in [-0.3, -0.25) is 4.99 Å². The molecule has 4 nitrogen and oxygen atoms in total. The summed E-state index contributed by atoms with van der Waals surface area (Å²) in [7, 11) is 1.82. The Hall–Kier alpha value is -1.07. The quantitative estimate of drug-likeness (QED) is 0.419. The average molecular weight is 311 g/mol. The number of ether oxygens (including phenoxy) is 1. The SMILES string of the molecule is CCOCCCCNC(=NC)NC(C)Cc1ccc(C)s1. The van der Waals surface area contributed by atoms with E-state index >= 15 is 0 Å².